The van der Waals surface area contributed by atoms with Crippen LogP contribution in [0, 0.1) is 13.8 Å². The van der Waals surface area contributed by atoms with Gasteiger partial charge in [-0.25, -0.2) is 0 Å². The first-order valence-electron chi connectivity index (χ1n) is 11.7. The van der Waals surface area contributed by atoms with E-state index in [1.165, 1.54) is 0 Å². The van der Waals surface area contributed by atoms with Gasteiger partial charge in [-0.1, -0.05) is 54.1 Å². The van der Waals surface area contributed by atoms with E-state index in [1.807, 2.05) is 69.3 Å². The number of hydrogen-bond acceptors (Lipinski definition) is 4. The smallest absolute Gasteiger partial charge is 0.273 e. The number of aromatic nitrogens is 2. The fourth-order valence-corrected chi connectivity index (χ4v) is 4.60. The number of furan rings is 1. The van der Waals surface area contributed by atoms with Gasteiger partial charge in [-0.15, -0.1) is 0 Å². The van der Waals surface area contributed by atoms with Gasteiger partial charge in [-0.2, -0.15) is 5.10 Å². The molecule has 2 aromatic carbocycles. The minimum absolute atomic E-state index is 0.220. The van der Waals surface area contributed by atoms with Crippen molar-refractivity contribution in [1.29, 1.82) is 0 Å². The number of fused-ring (bicyclic) bond motifs is 1. The molecule has 7 heteroatoms. The number of carbonyl (C=O) groups is 2. The summed E-state index contributed by atoms with van der Waals surface area (Å²) in [5.41, 5.74) is 4.08. The van der Waals surface area contributed by atoms with E-state index in [-0.39, 0.29) is 18.4 Å². The molecule has 3 heterocycles. The summed E-state index contributed by atoms with van der Waals surface area (Å²) in [5, 5.41) is 7.68. The molecule has 35 heavy (non-hydrogen) atoms. The fourth-order valence-electron chi connectivity index (χ4n) is 4.60. The van der Waals surface area contributed by atoms with Crippen LogP contribution in [0.1, 0.15) is 39.7 Å². The fraction of sp³-hybridized carbons (Fsp3) is 0.250. The summed E-state index contributed by atoms with van der Waals surface area (Å²) < 4.78 is 7.11. The van der Waals surface area contributed by atoms with Crippen molar-refractivity contribution >= 4 is 11.8 Å². The number of rotatable bonds is 6. The summed E-state index contributed by atoms with van der Waals surface area (Å²) in [6, 6.07) is 21.3. The number of nitrogens with zero attached hydrogens (tertiary/aromatic N) is 3. The molecular formula is C28H28N4O3. The van der Waals surface area contributed by atoms with Crippen LogP contribution in [0.15, 0.2) is 77.4 Å². The molecule has 178 valence electrons. The van der Waals surface area contributed by atoms with Crippen molar-refractivity contribution in [2.45, 2.75) is 45.9 Å². The Balaban J connectivity index is 1.50. The second kappa shape index (κ2) is 8.91. The molecule has 1 atom stereocenters. The molecule has 0 radical (unpaired) electrons. The van der Waals surface area contributed by atoms with Crippen LogP contribution in [0.3, 0.4) is 0 Å². The standard InChI is InChI=1S/C28H28N4O3/c1-19-8-6-10-21(14-19)17-31-26(33)24-15-23(25-12-7-13-35-25)30-32(24)18-28(31,3)27(34)29-16-22-11-5-4-9-20(22)2/h4-15H,16-18H2,1-3H3,(H,29,34). The lowest BCUT2D eigenvalue weighted by Crippen LogP contribution is -2.63. The summed E-state index contributed by atoms with van der Waals surface area (Å²) in [4.78, 5) is 29.2. The molecule has 0 fully saturated rings. The van der Waals surface area contributed by atoms with Gasteiger partial charge < -0.3 is 14.6 Å². The molecule has 0 bridgehead atoms. The third-order valence-electron chi connectivity index (χ3n) is 6.68. The normalized spacial score (nSPS) is 17.3. The summed E-state index contributed by atoms with van der Waals surface area (Å²) in [6.45, 7) is 6.78. The lowest BCUT2D eigenvalue weighted by atomic mass is 9.93. The Labute approximate surface area is 204 Å². The number of nitrogens with one attached hydrogen (secondary N) is 1. The number of carbonyl (C=O) groups excluding carboxylic acids is 2. The van der Waals surface area contributed by atoms with Crippen molar-refractivity contribution in [2.24, 2.45) is 0 Å². The zero-order valence-electron chi connectivity index (χ0n) is 20.1. The quantitative estimate of drug-likeness (QED) is 0.452. The average Bonchev–Trinajstić information content (AvgIpc) is 3.51. The molecule has 0 saturated heterocycles. The van der Waals surface area contributed by atoms with Gasteiger partial charge in [0.25, 0.3) is 5.91 Å². The van der Waals surface area contributed by atoms with Gasteiger partial charge in [-0.05, 0) is 49.6 Å². The van der Waals surface area contributed by atoms with Crippen molar-refractivity contribution < 1.29 is 14.0 Å². The summed E-state index contributed by atoms with van der Waals surface area (Å²) in [7, 11) is 0. The first kappa shape index (κ1) is 22.7. The number of aryl methyl sites for hydroxylation is 2. The second-order valence-corrected chi connectivity index (χ2v) is 9.31. The van der Waals surface area contributed by atoms with Crippen molar-refractivity contribution in [2.75, 3.05) is 0 Å². The van der Waals surface area contributed by atoms with Crippen LogP contribution in [0.25, 0.3) is 11.5 Å². The highest BCUT2D eigenvalue weighted by molar-refractivity contribution is 6.00. The third-order valence-corrected chi connectivity index (χ3v) is 6.68. The predicted octanol–water partition coefficient (Wildman–Crippen LogP) is 4.49. The predicted molar refractivity (Wildman–Crippen MR) is 132 cm³/mol. The topological polar surface area (TPSA) is 80.4 Å². The maximum Gasteiger partial charge on any atom is 0.273 e. The molecule has 0 spiro atoms. The zero-order valence-corrected chi connectivity index (χ0v) is 20.1. The van der Waals surface area contributed by atoms with E-state index in [0.29, 0.717) is 30.2 Å². The molecule has 1 N–H and O–H groups in total. The Hall–Kier alpha value is -4.13. The van der Waals surface area contributed by atoms with Crippen molar-refractivity contribution in [1.82, 2.24) is 20.0 Å². The summed E-state index contributed by atoms with van der Waals surface area (Å²) in [6.07, 6.45) is 1.57. The van der Waals surface area contributed by atoms with Gasteiger partial charge in [0.05, 0.1) is 12.8 Å². The highest BCUT2D eigenvalue weighted by atomic mass is 16.3. The van der Waals surface area contributed by atoms with Gasteiger partial charge in [0, 0.05) is 19.2 Å². The first-order valence-corrected chi connectivity index (χ1v) is 11.7. The summed E-state index contributed by atoms with van der Waals surface area (Å²) in [5.74, 6) is 0.120. The number of amides is 2. The van der Waals surface area contributed by atoms with Crippen LogP contribution >= 0.6 is 0 Å². The Morgan fingerprint density at radius 3 is 2.66 bits per heavy atom. The second-order valence-electron chi connectivity index (χ2n) is 9.31. The van der Waals surface area contributed by atoms with E-state index in [4.69, 9.17) is 4.42 Å². The van der Waals surface area contributed by atoms with Crippen LogP contribution in [0.5, 0.6) is 0 Å². The Morgan fingerprint density at radius 1 is 1.09 bits per heavy atom. The molecule has 1 aliphatic rings. The zero-order chi connectivity index (χ0) is 24.6. The molecule has 1 aliphatic heterocycles. The summed E-state index contributed by atoms with van der Waals surface area (Å²) >= 11 is 0. The molecule has 7 nitrogen and oxygen atoms in total. The van der Waals surface area contributed by atoms with Gasteiger partial charge in [0.15, 0.2) is 5.76 Å². The van der Waals surface area contributed by atoms with Crippen LogP contribution in [-0.4, -0.2) is 32.0 Å². The molecule has 0 aliphatic carbocycles. The van der Waals surface area contributed by atoms with Crippen LogP contribution in [0.2, 0.25) is 0 Å². The molecule has 2 aromatic heterocycles. The van der Waals surface area contributed by atoms with Crippen LogP contribution < -0.4 is 5.32 Å². The minimum atomic E-state index is -1.14. The Morgan fingerprint density at radius 2 is 1.91 bits per heavy atom. The van der Waals surface area contributed by atoms with E-state index in [9.17, 15) is 9.59 Å². The SMILES string of the molecule is Cc1cccc(CN2C(=O)c3cc(-c4ccco4)nn3CC2(C)C(=O)NCc2ccccc2C)c1. The van der Waals surface area contributed by atoms with E-state index in [2.05, 4.69) is 10.4 Å². The molecule has 5 rings (SSSR count). The first-order chi connectivity index (χ1) is 16.8. The average molecular weight is 469 g/mol. The molecule has 2 amide bonds. The maximum atomic E-state index is 13.8. The van der Waals surface area contributed by atoms with Crippen molar-refractivity contribution in [3.05, 3.63) is 101 Å². The van der Waals surface area contributed by atoms with Gasteiger partial charge in [-0.3, -0.25) is 14.3 Å². The molecule has 0 saturated carbocycles. The lowest BCUT2D eigenvalue weighted by molar-refractivity contribution is -0.133. The highest BCUT2D eigenvalue weighted by Gasteiger charge is 2.48. The monoisotopic (exact) mass is 468 g/mol. The molecule has 4 aromatic rings. The maximum absolute atomic E-state index is 13.8. The van der Waals surface area contributed by atoms with Gasteiger partial charge >= 0.3 is 0 Å². The Kier molecular flexibility index (Phi) is 5.76. The van der Waals surface area contributed by atoms with Gasteiger partial charge in [0.2, 0.25) is 5.91 Å². The van der Waals surface area contributed by atoms with E-state index < -0.39 is 5.54 Å². The van der Waals surface area contributed by atoms with Gasteiger partial charge in [0.1, 0.15) is 16.9 Å². The van der Waals surface area contributed by atoms with E-state index in [1.54, 1.807) is 34.0 Å². The highest BCUT2D eigenvalue weighted by Crippen LogP contribution is 2.31. The van der Waals surface area contributed by atoms with Crippen molar-refractivity contribution in [3.8, 4) is 11.5 Å². The Bertz CT molecular complexity index is 1390. The number of hydrogen-bond donors (Lipinski definition) is 1. The lowest BCUT2D eigenvalue weighted by Gasteiger charge is -2.43. The van der Waals surface area contributed by atoms with Crippen LogP contribution in [0.4, 0.5) is 0 Å². The minimum Gasteiger partial charge on any atom is -0.463 e. The van der Waals surface area contributed by atoms with Crippen LogP contribution in [-0.2, 0) is 24.4 Å². The van der Waals surface area contributed by atoms with Crippen molar-refractivity contribution in [3.63, 3.8) is 0 Å². The molecule has 1 unspecified atom stereocenters. The molecular weight excluding hydrogens is 440 g/mol. The number of benzene rings is 2. The third kappa shape index (κ3) is 4.25. The van der Waals surface area contributed by atoms with E-state index in [0.717, 1.165) is 22.3 Å². The largest absolute Gasteiger partial charge is 0.463 e. The van der Waals surface area contributed by atoms with E-state index >= 15 is 0 Å².